The normalized spacial score (nSPS) is 15.2. The lowest BCUT2D eigenvalue weighted by Crippen LogP contribution is -2.34. The summed E-state index contributed by atoms with van der Waals surface area (Å²) in [5.41, 5.74) is 1.41. The Kier molecular flexibility index (Phi) is 6.10. The molecule has 0 aromatic heterocycles. The van der Waals surface area contributed by atoms with Crippen LogP contribution >= 0.6 is 11.8 Å². The summed E-state index contributed by atoms with van der Waals surface area (Å²) in [6.07, 6.45) is 1.57. The van der Waals surface area contributed by atoms with Gasteiger partial charge in [-0.25, -0.2) is 4.39 Å². The van der Waals surface area contributed by atoms with Crippen LogP contribution in [0.1, 0.15) is 11.1 Å². The summed E-state index contributed by atoms with van der Waals surface area (Å²) in [7, 11) is 1.19. The van der Waals surface area contributed by atoms with Crippen molar-refractivity contribution < 1.29 is 28.2 Å². The smallest absolute Gasteiger partial charge is 0.325 e. The lowest BCUT2D eigenvalue weighted by atomic mass is 10.2. The van der Waals surface area contributed by atoms with Gasteiger partial charge in [0.25, 0.3) is 11.1 Å². The van der Waals surface area contributed by atoms with Gasteiger partial charge in [-0.3, -0.25) is 19.3 Å². The molecular formula is C20H16FNO5S. The standard InChI is InChI=1S/C20H16FNO5S/c1-26-18(23)11-22-19(24)17(28-20(22)25)10-13-5-7-16(8-6-13)27-12-14-3-2-4-15(21)9-14/h2-10H,11-12H2,1H3. The van der Waals surface area contributed by atoms with E-state index in [1.807, 2.05) is 0 Å². The number of carbonyl (C=O) groups excluding carboxylic acids is 3. The van der Waals surface area contributed by atoms with Gasteiger partial charge in [0, 0.05) is 0 Å². The van der Waals surface area contributed by atoms with Crippen molar-refractivity contribution in [3.8, 4) is 5.75 Å². The van der Waals surface area contributed by atoms with Crippen LogP contribution in [0.2, 0.25) is 0 Å². The molecule has 0 N–H and O–H groups in total. The Morgan fingerprint density at radius 1 is 1.18 bits per heavy atom. The monoisotopic (exact) mass is 401 g/mol. The number of hydrogen-bond acceptors (Lipinski definition) is 6. The first-order valence-corrected chi connectivity index (χ1v) is 9.07. The largest absolute Gasteiger partial charge is 0.489 e. The van der Waals surface area contributed by atoms with Crippen molar-refractivity contribution in [2.45, 2.75) is 6.61 Å². The number of methoxy groups -OCH3 is 1. The number of hydrogen-bond donors (Lipinski definition) is 0. The predicted molar refractivity (Wildman–Crippen MR) is 102 cm³/mol. The molecule has 0 spiro atoms. The third-order valence-electron chi connectivity index (χ3n) is 3.86. The van der Waals surface area contributed by atoms with Crippen molar-refractivity contribution in [2.75, 3.05) is 13.7 Å². The van der Waals surface area contributed by atoms with E-state index in [0.717, 1.165) is 16.7 Å². The lowest BCUT2D eigenvalue weighted by molar-refractivity contribution is -0.143. The van der Waals surface area contributed by atoms with Crippen LogP contribution in [0.3, 0.4) is 0 Å². The number of amides is 2. The summed E-state index contributed by atoms with van der Waals surface area (Å²) in [5, 5.41) is -0.517. The van der Waals surface area contributed by atoms with Crippen LogP contribution in [0.5, 0.6) is 5.75 Å². The zero-order valence-electron chi connectivity index (χ0n) is 14.9. The average molecular weight is 401 g/mol. The molecule has 1 aliphatic heterocycles. The molecule has 8 heteroatoms. The van der Waals surface area contributed by atoms with Gasteiger partial charge < -0.3 is 9.47 Å². The fraction of sp³-hybridized carbons (Fsp3) is 0.150. The van der Waals surface area contributed by atoms with Gasteiger partial charge in [-0.2, -0.15) is 0 Å². The molecule has 28 heavy (non-hydrogen) atoms. The Bertz CT molecular complexity index is 942. The van der Waals surface area contributed by atoms with E-state index in [0.29, 0.717) is 16.9 Å². The predicted octanol–water partition coefficient (Wildman–Crippen LogP) is 3.61. The Morgan fingerprint density at radius 2 is 1.93 bits per heavy atom. The molecule has 6 nitrogen and oxygen atoms in total. The van der Waals surface area contributed by atoms with Crippen LogP contribution in [0, 0.1) is 5.82 Å². The molecule has 144 valence electrons. The quantitative estimate of drug-likeness (QED) is 0.544. The van der Waals surface area contributed by atoms with Gasteiger partial charge in [-0.1, -0.05) is 24.3 Å². The topological polar surface area (TPSA) is 72.9 Å². The molecular weight excluding hydrogens is 385 g/mol. The molecule has 0 radical (unpaired) electrons. The zero-order chi connectivity index (χ0) is 20.1. The van der Waals surface area contributed by atoms with Gasteiger partial charge in [0.2, 0.25) is 0 Å². The molecule has 1 fully saturated rings. The Hall–Kier alpha value is -3.13. The average Bonchev–Trinajstić information content (AvgIpc) is 2.94. The van der Waals surface area contributed by atoms with Crippen LogP contribution in [-0.4, -0.2) is 35.7 Å². The first kappa shape index (κ1) is 19.6. The van der Waals surface area contributed by atoms with E-state index in [1.54, 1.807) is 42.5 Å². The summed E-state index contributed by atoms with van der Waals surface area (Å²) in [6, 6.07) is 13.0. The van der Waals surface area contributed by atoms with E-state index < -0.39 is 23.7 Å². The number of esters is 1. The van der Waals surface area contributed by atoms with Crippen LogP contribution < -0.4 is 4.74 Å². The number of ether oxygens (including phenoxy) is 2. The van der Waals surface area contributed by atoms with E-state index >= 15 is 0 Å². The van der Waals surface area contributed by atoms with Crippen LogP contribution in [0.4, 0.5) is 9.18 Å². The molecule has 2 aromatic carbocycles. The van der Waals surface area contributed by atoms with Crippen molar-refractivity contribution in [2.24, 2.45) is 0 Å². The third-order valence-corrected chi connectivity index (χ3v) is 4.77. The van der Waals surface area contributed by atoms with Gasteiger partial charge in [0.1, 0.15) is 24.7 Å². The number of thioether (sulfide) groups is 1. The van der Waals surface area contributed by atoms with E-state index in [1.165, 1.54) is 19.2 Å². The van der Waals surface area contributed by atoms with Crippen LogP contribution in [0.25, 0.3) is 6.08 Å². The van der Waals surface area contributed by atoms with Crippen molar-refractivity contribution in [3.63, 3.8) is 0 Å². The van der Waals surface area contributed by atoms with Gasteiger partial charge in [-0.15, -0.1) is 0 Å². The first-order valence-electron chi connectivity index (χ1n) is 8.26. The van der Waals surface area contributed by atoms with E-state index in [4.69, 9.17) is 4.74 Å². The van der Waals surface area contributed by atoms with Crippen LogP contribution in [0.15, 0.2) is 53.4 Å². The molecule has 3 rings (SSSR count). The molecule has 0 atom stereocenters. The Balaban J connectivity index is 1.64. The van der Waals surface area contributed by atoms with Crippen molar-refractivity contribution in [1.29, 1.82) is 0 Å². The number of halogens is 1. The highest BCUT2D eigenvalue weighted by molar-refractivity contribution is 8.18. The van der Waals surface area contributed by atoms with Gasteiger partial charge >= 0.3 is 5.97 Å². The summed E-state index contributed by atoms with van der Waals surface area (Å²) < 4.78 is 23.3. The Labute approximate surface area is 164 Å². The molecule has 0 bridgehead atoms. The number of rotatable bonds is 6. The SMILES string of the molecule is COC(=O)CN1C(=O)SC(=Cc2ccc(OCc3cccc(F)c3)cc2)C1=O. The van der Waals surface area contributed by atoms with Crippen molar-refractivity contribution in [3.05, 3.63) is 70.4 Å². The molecule has 0 saturated carbocycles. The van der Waals surface area contributed by atoms with E-state index in [2.05, 4.69) is 4.74 Å². The molecule has 2 aromatic rings. The maximum atomic E-state index is 13.2. The fourth-order valence-corrected chi connectivity index (χ4v) is 3.27. The van der Waals surface area contributed by atoms with E-state index in [9.17, 15) is 18.8 Å². The minimum atomic E-state index is -0.664. The third kappa shape index (κ3) is 4.77. The highest BCUT2D eigenvalue weighted by Crippen LogP contribution is 2.32. The second-order valence-corrected chi connectivity index (χ2v) is 6.82. The van der Waals surface area contributed by atoms with Gasteiger partial charge in [-0.05, 0) is 53.2 Å². The van der Waals surface area contributed by atoms with Crippen LogP contribution in [-0.2, 0) is 20.9 Å². The maximum absolute atomic E-state index is 13.2. The summed E-state index contributed by atoms with van der Waals surface area (Å²) >= 11 is 0.766. The maximum Gasteiger partial charge on any atom is 0.325 e. The van der Waals surface area contributed by atoms with Crippen molar-refractivity contribution >= 4 is 35.0 Å². The van der Waals surface area contributed by atoms with E-state index in [-0.39, 0.29) is 17.3 Å². The number of benzene rings is 2. The second kappa shape index (κ2) is 8.71. The van der Waals surface area contributed by atoms with Crippen molar-refractivity contribution in [1.82, 2.24) is 4.90 Å². The summed E-state index contributed by atoms with van der Waals surface area (Å²) in [6.45, 7) is -0.186. The molecule has 0 aliphatic carbocycles. The fourth-order valence-electron chi connectivity index (χ4n) is 2.44. The number of carbonyl (C=O) groups is 3. The molecule has 1 heterocycles. The highest BCUT2D eigenvalue weighted by atomic mass is 32.2. The van der Waals surface area contributed by atoms with Gasteiger partial charge in [0.05, 0.1) is 12.0 Å². The molecule has 0 unspecified atom stereocenters. The second-order valence-electron chi connectivity index (χ2n) is 5.83. The minimum Gasteiger partial charge on any atom is -0.489 e. The molecule has 2 amide bonds. The number of nitrogens with zero attached hydrogens (tertiary/aromatic N) is 1. The zero-order valence-corrected chi connectivity index (χ0v) is 15.7. The lowest BCUT2D eigenvalue weighted by Gasteiger charge is -2.09. The minimum absolute atomic E-state index is 0.224. The highest BCUT2D eigenvalue weighted by Gasteiger charge is 2.36. The Morgan fingerprint density at radius 3 is 2.61 bits per heavy atom. The molecule has 1 aliphatic rings. The van der Waals surface area contributed by atoms with Gasteiger partial charge in [0.15, 0.2) is 0 Å². The number of imide groups is 1. The summed E-state index contributed by atoms with van der Waals surface area (Å²) in [4.78, 5) is 36.6. The molecule has 1 saturated heterocycles. The summed E-state index contributed by atoms with van der Waals surface area (Å²) in [5.74, 6) is -0.937. The first-order chi connectivity index (χ1) is 13.5.